The van der Waals surface area contributed by atoms with Crippen molar-refractivity contribution in [1.82, 2.24) is 4.90 Å². The number of nitrogens with zero attached hydrogens (tertiary/aromatic N) is 1. The van der Waals surface area contributed by atoms with Crippen LogP contribution >= 0.6 is 27.5 Å². The number of hydrogen-bond donors (Lipinski definition) is 1. The van der Waals surface area contributed by atoms with Gasteiger partial charge in [-0.3, -0.25) is 9.69 Å². The third kappa shape index (κ3) is 6.92. The fraction of sp³-hybridized carbons (Fsp3) is 0.316. The first-order chi connectivity index (χ1) is 13.3. The largest absolute Gasteiger partial charge is 0.490 e. The number of rotatable bonds is 9. The smallest absolute Gasteiger partial charge is 0.387 e. The molecule has 9 heteroatoms. The molecule has 2 rings (SSSR count). The Hall–Kier alpha value is -1.90. The highest BCUT2D eigenvalue weighted by molar-refractivity contribution is 9.10. The Kier molecular flexibility index (Phi) is 8.47. The van der Waals surface area contributed by atoms with Gasteiger partial charge in [-0.15, -0.1) is 0 Å². The minimum Gasteiger partial charge on any atom is -0.490 e. The summed E-state index contributed by atoms with van der Waals surface area (Å²) in [5.74, 6) is -0.0138. The molecule has 2 aromatic rings. The average Bonchev–Trinajstić information content (AvgIpc) is 2.59. The van der Waals surface area contributed by atoms with Crippen LogP contribution < -0.4 is 14.8 Å². The van der Waals surface area contributed by atoms with Crippen LogP contribution in [-0.2, 0) is 11.3 Å². The molecule has 0 bridgehead atoms. The van der Waals surface area contributed by atoms with Gasteiger partial charge in [0.15, 0.2) is 11.5 Å². The molecule has 0 unspecified atom stereocenters. The first-order valence-electron chi connectivity index (χ1n) is 8.42. The summed E-state index contributed by atoms with van der Waals surface area (Å²) in [4.78, 5) is 14.0. The van der Waals surface area contributed by atoms with Gasteiger partial charge in [0.1, 0.15) is 0 Å². The van der Waals surface area contributed by atoms with Gasteiger partial charge in [0.05, 0.1) is 23.9 Å². The van der Waals surface area contributed by atoms with Crippen LogP contribution in [0, 0.1) is 0 Å². The summed E-state index contributed by atoms with van der Waals surface area (Å²) in [6.45, 7) is -0.332. The second kappa shape index (κ2) is 10.6. The minimum atomic E-state index is -2.93. The van der Waals surface area contributed by atoms with Crippen molar-refractivity contribution in [1.29, 1.82) is 0 Å². The zero-order chi connectivity index (χ0) is 20.7. The number of benzene rings is 2. The zero-order valence-electron chi connectivity index (χ0n) is 15.3. The Morgan fingerprint density at radius 2 is 2.00 bits per heavy atom. The molecule has 0 aliphatic heterocycles. The monoisotopic (exact) mass is 476 g/mol. The summed E-state index contributed by atoms with van der Waals surface area (Å²) in [7, 11) is 1.77. The first-order valence-corrected chi connectivity index (χ1v) is 9.59. The lowest BCUT2D eigenvalue weighted by atomic mass is 10.2. The number of amides is 1. The topological polar surface area (TPSA) is 50.8 Å². The Bertz CT molecular complexity index is 824. The number of carbonyl (C=O) groups excluding carboxylic acids is 1. The van der Waals surface area contributed by atoms with Crippen molar-refractivity contribution >= 4 is 39.1 Å². The van der Waals surface area contributed by atoms with Gasteiger partial charge in [0.2, 0.25) is 5.91 Å². The van der Waals surface area contributed by atoms with E-state index in [-0.39, 0.29) is 24.0 Å². The fourth-order valence-electron chi connectivity index (χ4n) is 2.51. The molecule has 152 valence electrons. The Balaban J connectivity index is 1.98. The van der Waals surface area contributed by atoms with Crippen LogP contribution in [0.4, 0.5) is 14.5 Å². The number of nitrogens with one attached hydrogen (secondary N) is 1. The number of anilines is 1. The molecular formula is C19H20BrClF2N2O3. The van der Waals surface area contributed by atoms with Crippen LogP contribution in [0.2, 0.25) is 5.02 Å². The van der Waals surface area contributed by atoms with E-state index in [0.29, 0.717) is 23.9 Å². The van der Waals surface area contributed by atoms with Gasteiger partial charge in [0.25, 0.3) is 0 Å². The van der Waals surface area contributed by atoms with Gasteiger partial charge in [-0.25, -0.2) is 0 Å². The van der Waals surface area contributed by atoms with Crippen molar-refractivity contribution < 1.29 is 23.0 Å². The SMILES string of the molecule is CCOc1cc(CN(C)CC(=O)Nc2ccc(Br)cc2Cl)ccc1OC(F)F. The normalized spacial score (nSPS) is 11.0. The Morgan fingerprint density at radius 3 is 2.64 bits per heavy atom. The molecule has 0 saturated heterocycles. The fourth-order valence-corrected chi connectivity index (χ4v) is 3.23. The maximum atomic E-state index is 12.5. The van der Waals surface area contributed by atoms with Gasteiger partial charge in [-0.05, 0) is 49.9 Å². The predicted molar refractivity (Wildman–Crippen MR) is 108 cm³/mol. The van der Waals surface area contributed by atoms with Gasteiger partial charge >= 0.3 is 6.61 Å². The standard InChI is InChI=1S/C19H20BrClF2N2O3/c1-3-27-17-8-12(4-7-16(17)28-19(22)23)10-25(2)11-18(26)24-15-6-5-13(20)9-14(15)21/h4-9,19H,3,10-11H2,1-2H3,(H,24,26). The number of hydrogen-bond acceptors (Lipinski definition) is 4. The highest BCUT2D eigenvalue weighted by Crippen LogP contribution is 2.30. The second-order valence-corrected chi connectivity index (χ2v) is 7.26. The lowest BCUT2D eigenvalue weighted by Gasteiger charge is -2.18. The summed E-state index contributed by atoms with van der Waals surface area (Å²) < 4.78 is 35.6. The lowest BCUT2D eigenvalue weighted by Crippen LogP contribution is -2.29. The average molecular weight is 478 g/mol. The summed E-state index contributed by atoms with van der Waals surface area (Å²) >= 11 is 9.41. The maximum Gasteiger partial charge on any atom is 0.387 e. The maximum absolute atomic E-state index is 12.5. The van der Waals surface area contributed by atoms with Crippen molar-refractivity contribution in [2.75, 3.05) is 25.5 Å². The molecule has 0 aliphatic rings. The van der Waals surface area contributed by atoms with E-state index < -0.39 is 6.61 Å². The molecule has 0 aromatic heterocycles. The zero-order valence-corrected chi connectivity index (χ0v) is 17.7. The number of halogens is 4. The highest BCUT2D eigenvalue weighted by atomic mass is 79.9. The summed E-state index contributed by atoms with van der Waals surface area (Å²) in [5, 5.41) is 3.19. The molecule has 0 saturated carbocycles. The molecule has 1 N–H and O–H groups in total. The van der Waals surface area contributed by atoms with Crippen LogP contribution in [0.3, 0.4) is 0 Å². The number of likely N-dealkylation sites (N-methyl/N-ethyl adjacent to an activating group) is 1. The molecule has 0 aliphatic carbocycles. The molecule has 0 spiro atoms. The Labute approximate surface area is 175 Å². The van der Waals surface area contributed by atoms with Crippen LogP contribution in [0.25, 0.3) is 0 Å². The van der Waals surface area contributed by atoms with E-state index in [2.05, 4.69) is 26.0 Å². The molecule has 0 atom stereocenters. The molecule has 0 fully saturated rings. The molecule has 5 nitrogen and oxygen atoms in total. The molecule has 28 heavy (non-hydrogen) atoms. The van der Waals surface area contributed by atoms with Crippen LogP contribution in [0.1, 0.15) is 12.5 Å². The van der Waals surface area contributed by atoms with Crippen molar-refractivity contribution in [2.24, 2.45) is 0 Å². The third-order valence-electron chi connectivity index (χ3n) is 3.60. The quantitative estimate of drug-likeness (QED) is 0.541. The minimum absolute atomic E-state index is 0.0223. The summed E-state index contributed by atoms with van der Waals surface area (Å²) in [5.41, 5.74) is 1.32. The lowest BCUT2D eigenvalue weighted by molar-refractivity contribution is -0.117. The number of alkyl halides is 2. The van der Waals surface area contributed by atoms with E-state index in [1.54, 1.807) is 49.2 Å². The van der Waals surface area contributed by atoms with Crippen LogP contribution in [0.5, 0.6) is 11.5 Å². The Morgan fingerprint density at radius 1 is 1.25 bits per heavy atom. The molecular weight excluding hydrogens is 458 g/mol. The van der Waals surface area contributed by atoms with E-state index in [0.717, 1.165) is 10.0 Å². The summed E-state index contributed by atoms with van der Waals surface area (Å²) in [6, 6.07) is 9.90. The highest BCUT2D eigenvalue weighted by Gasteiger charge is 2.14. The van der Waals surface area contributed by atoms with Gasteiger partial charge in [-0.2, -0.15) is 8.78 Å². The molecule has 0 radical (unpaired) electrons. The summed E-state index contributed by atoms with van der Waals surface area (Å²) in [6.07, 6.45) is 0. The van der Waals surface area contributed by atoms with Crippen LogP contribution in [-0.4, -0.2) is 37.6 Å². The molecule has 2 aromatic carbocycles. The number of carbonyl (C=O) groups is 1. The van der Waals surface area contributed by atoms with E-state index in [1.807, 2.05) is 0 Å². The van der Waals surface area contributed by atoms with Gasteiger partial charge in [0, 0.05) is 11.0 Å². The van der Waals surface area contributed by atoms with Crippen LogP contribution in [0.15, 0.2) is 40.9 Å². The van der Waals surface area contributed by atoms with Gasteiger partial charge < -0.3 is 14.8 Å². The number of ether oxygens (including phenoxy) is 2. The molecule has 1 amide bonds. The van der Waals surface area contributed by atoms with E-state index in [9.17, 15) is 13.6 Å². The van der Waals surface area contributed by atoms with Crippen molar-refractivity contribution in [2.45, 2.75) is 20.1 Å². The van der Waals surface area contributed by atoms with E-state index in [4.69, 9.17) is 16.3 Å². The van der Waals surface area contributed by atoms with E-state index in [1.165, 1.54) is 6.07 Å². The van der Waals surface area contributed by atoms with Gasteiger partial charge in [-0.1, -0.05) is 33.6 Å². The van der Waals surface area contributed by atoms with Crippen molar-refractivity contribution in [3.63, 3.8) is 0 Å². The first kappa shape index (κ1) is 22.4. The van der Waals surface area contributed by atoms with E-state index >= 15 is 0 Å². The third-order valence-corrected chi connectivity index (χ3v) is 4.40. The predicted octanol–water partition coefficient (Wildman–Crippen LogP) is 5.17. The molecule has 0 heterocycles. The van der Waals surface area contributed by atoms with Crippen molar-refractivity contribution in [3.05, 3.63) is 51.5 Å². The van der Waals surface area contributed by atoms with Crippen molar-refractivity contribution in [3.8, 4) is 11.5 Å². The second-order valence-electron chi connectivity index (χ2n) is 5.94.